The Morgan fingerprint density at radius 2 is 2.15 bits per heavy atom. The van der Waals surface area contributed by atoms with Crippen LogP contribution in [0, 0.1) is 0 Å². The maximum atomic E-state index is 12.2. The molecule has 26 heavy (non-hydrogen) atoms. The number of hydrogen-bond acceptors (Lipinski definition) is 4. The minimum Gasteiger partial charge on any atom is -0.497 e. The third kappa shape index (κ3) is 5.09. The van der Waals surface area contributed by atoms with Crippen molar-refractivity contribution < 1.29 is 9.53 Å². The zero-order valence-corrected chi connectivity index (χ0v) is 15.1. The number of ether oxygens (including phenoxy) is 1. The monoisotopic (exact) mass is 351 g/mol. The smallest absolute Gasteiger partial charge is 0.252 e. The Hall–Kier alpha value is -2.82. The number of rotatable bonds is 7. The maximum Gasteiger partial charge on any atom is 0.252 e. The van der Waals surface area contributed by atoms with Gasteiger partial charge in [0.2, 0.25) is 0 Å². The number of carbonyl (C=O) groups is 1. The fraction of sp³-hybridized carbons (Fsp3) is 0.333. The van der Waals surface area contributed by atoms with Crippen molar-refractivity contribution in [2.75, 3.05) is 19.0 Å². The van der Waals surface area contributed by atoms with E-state index in [2.05, 4.69) is 21.7 Å². The van der Waals surface area contributed by atoms with Gasteiger partial charge in [0.15, 0.2) is 0 Å². The minimum atomic E-state index is -0.0816. The highest BCUT2D eigenvalue weighted by Crippen LogP contribution is 2.21. The van der Waals surface area contributed by atoms with Gasteiger partial charge in [0.05, 0.1) is 12.7 Å². The molecule has 0 spiro atoms. The second kappa shape index (κ2) is 9.04. The molecule has 136 valence electrons. The van der Waals surface area contributed by atoms with E-state index in [-0.39, 0.29) is 5.91 Å². The lowest BCUT2D eigenvalue weighted by Crippen LogP contribution is -2.25. The van der Waals surface area contributed by atoms with Crippen molar-refractivity contribution >= 4 is 17.4 Å². The van der Waals surface area contributed by atoms with E-state index in [1.807, 2.05) is 24.3 Å². The van der Waals surface area contributed by atoms with Crippen molar-refractivity contribution in [3.05, 3.63) is 59.8 Å². The summed E-state index contributed by atoms with van der Waals surface area (Å²) < 4.78 is 5.21. The second-order valence-corrected chi connectivity index (χ2v) is 6.40. The topological polar surface area (TPSA) is 63.2 Å². The van der Waals surface area contributed by atoms with Crippen molar-refractivity contribution in [1.82, 2.24) is 10.3 Å². The van der Waals surface area contributed by atoms with Crippen LogP contribution in [0.2, 0.25) is 0 Å². The molecule has 2 N–H and O–H groups in total. The van der Waals surface area contributed by atoms with Gasteiger partial charge in [0.25, 0.3) is 5.91 Å². The highest BCUT2D eigenvalue weighted by Gasteiger charge is 2.08. The van der Waals surface area contributed by atoms with Gasteiger partial charge in [-0.2, -0.15) is 0 Å². The van der Waals surface area contributed by atoms with Crippen LogP contribution in [0.5, 0.6) is 5.75 Å². The quantitative estimate of drug-likeness (QED) is 0.723. The summed E-state index contributed by atoms with van der Waals surface area (Å²) in [4.78, 5) is 16.6. The molecule has 0 bridgehead atoms. The fourth-order valence-corrected chi connectivity index (χ4v) is 3.02. The fourth-order valence-electron chi connectivity index (χ4n) is 3.02. The van der Waals surface area contributed by atoms with Crippen molar-refractivity contribution in [3.63, 3.8) is 0 Å². The van der Waals surface area contributed by atoms with Gasteiger partial charge in [0.1, 0.15) is 11.6 Å². The number of hydrogen-bond donors (Lipinski definition) is 2. The summed E-state index contributed by atoms with van der Waals surface area (Å²) in [7, 11) is 1.63. The maximum absolute atomic E-state index is 12.2. The van der Waals surface area contributed by atoms with E-state index < -0.39 is 0 Å². The number of carbonyl (C=O) groups excluding carboxylic acids is 1. The standard InChI is InChI=1S/C21H25N3O2/c1-26-19-9-5-8-18(14-19)24-20-11-10-17(15-23-20)21(25)22-13-12-16-6-3-2-4-7-16/h5-6,8-11,14-15H,2-4,7,12-13H2,1H3,(H,22,25)(H,23,24). The molecular formula is C21H25N3O2. The first kappa shape index (κ1) is 18.0. The van der Waals surface area contributed by atoms with Crippen LogP contribution in [0.3, 0.4) is 0 Å². The number of nitrogens with one attached hydrogen (secondary N) is 2. The summed E-state index contributed by atoms with van der Waals surface area (Å²) in [5, 5.41) is 6.17. The highest BCUT2D eigenvalue weighted by molar-refractivity contribution is 5.94. The molecule has 0 saturated carbocycles. The molecule has 1 aliphatic rings. The van der Waals surface area contributed by atoms with Gasteiger partial charge in [-0.1, -0.05) is 17.7 Å². The van der Waals surface area contributed by atoms with Gasteiger partial charge in [-0.25, -0.2) is 4.98 Å². The first-order chi connectivity index (χ1) is 12.7. The van der Waals surface area contributed by atoms with Crippen LogP contribution in [0.25, 0.3) is 0 Å². The number of benzene rings is 1. The van der Waals surface area contributed by atoms with E-state index in [9.17, 15) is 4.79 Å². The lowest BCUT2D eigenvalue weighted by atomic mass is 9.97. The Morgan fingerprint density at radius 3 is 2.88 bits per heavy atom. The van der Waals surface area contributed by atoms with Gasteiger partial charge in [0, 0.05) is 24.5 Å². The molecule has 5 nitrogen and oxygen atoms in total. The van der Waals surface area contributed by atoms with Crippen molar-refractivity contribution in [2.24, 2.45) is 0 Å². The van der Waals surface area contributed by atoms with Gasteiger partial charge in [-0.05, 0) is 56.4 Å². The summed E-state index contributed by atoms with van der Waals surface area (Å²) in [6, 6.07) is 11.2. The van der Waals surface area contributed by atoms with E-state index in [1.54, 1.807) is 25.4 Å². The van der Waals surface area contributed by atoms with Gasteiger partial charge in [-0.15, -0.1) is 0 Å². The number of methoxy groups -OCH3 is 1. The summed E-state index contributed by atoms with van der Waals surface area (Å²) in [6.07, 6.45) is 9.75. The normalized spacial score (nSPS) is 13.7. The van der Waals surface area contributed by atoms with Crippen molar-refractivity contribution in [3.8, 4) is 5.75 Å². The van der Waals surface area contributed by atoms with Crippen molar-refractivity contribution in [1.29, 1.82) is 0 Å². The lowest BCUT2D eigenvalue weighted by Gasteiger charge is -2.13. The molecule has 0 atom stereocenters. The zero-order chi connectivity index (χ0) is 18.2. The molecular weight excluding hydrogens is 326 g/mol. The molecule has 1 heterocycles. The molecule has 1 aliphatic carbocycles. The summed E-state index contributed by atoms with van der Waals surface area (Å²) >= 11 is 0. The van der Waals surface area contributed by atoms with Gasteiger partial charge in [-0.3, -0.25) is 4.79 Å². The van der Waals surface area contributed by atoms with Crippen LogP contribution < -0.4 is 15.4 Å². The first-order valence-electron chi connectivity index (χ1n) is 9.08. The van der Waals surface area contributed by atoms with E-state index >= 15 is 0 Å². The number of allylic oxidation sites excluding steroid dienone is 1. The SMILES string of the molecule is COc1cccc(Nc2ccc(C(=O)NCCC3=CCCCC3)cn2)c1. The van der Waals surface area contributed by atoms with Gasteiger partial charge >= 0.3 is 0 Å². The third-order valence-electron chi connectivity index (χ3n) is 4.48. The van der Waals surface area contributed by atoms with E-state index in [4.69, 9.17) is 4.74 Å². The molecule has 1 aromatic carbocycles. The molecule has 1 aromatic heterocycles. The van der Waals surface area contributed by atoms with E-state index in [0.29, 0.717) is 17.9 Å². The van der Waals surface area contributed by atoms with Crippen LogP contribution >= 0.6 is 0 Å². The molecule has 0 radical (unpaired) electrons. The van der Waals surface area contributed by atoms with Crippen molar-refractivity contribution in [2.45, 2.75) is 32.1 Å². The zero-order valence-electron chi connectivity index (χ0n) is 15.1. The minimum absolute atomic E-state index is 0.0816. The molecule has 0 saturated heterocycles. The Bertz CT molecular complexity index is 769. The van der Waals surface area contributed by atoms with E-state index in [0.717, 1.165) is 17.9 Å². The summed E-state index contributed by atoms with van der Waals surface area (Å²) in [5.41, 5.74) is 2.92. The van der Waals surface area contributed by atoms with E-state index in [1.165, 1.54) is 31.3 Å². The summed E-state index contributed by atoms with van der Waals surface area (Å²) in [5.74, 6) is 1.38. The highest BCUT2D eigenvalue weighted by atomic mass is 16.5. The van der Waals surface area contributed by atoms with Crippen LogP contribution in [0.4, 0.5) is 11.5 Å². The van der Waals surface area contributed by atoms with Crippen LogP contribution in [-0.2, 0) is 0 Å². The average molecular weight is 351 g/mol. The largest absolute Gasteiger partial charge is 0.497 e. The second-order valence-electron chi connectivity index (χ2n) is 6.40. The molecule has 2 aromatic rings. The van der Waals surface area contributed by atoms with Crippen LogP contribution in [0.1, 0.15) is 42.5 Å². The Balaban J connectivity index is 1.51. The number of nitrogens with zero attached hydrogens (tertiary/aromatic N) is 1. The molecule has 0 unspecified atom stereocenters. The number of aromatic nitrogens is 1. The summed E-state index contributed by atoms with van der Waals surface area (Å²) in [6.45, 7) is 0.675. The Kier molecular flexibility index (Phi) is 6.25. The number of pyridine rings is 1. The lowest BCUT2D eigenvalue weighted by molar-refractivity contribution is 0.0953. The predicted octanol–water partition coefficient (Wildman–Crippen LogP) is 4.45. The average Bonchev–Trinajstić information content (AvgIpc) is 2.69. The third-order valence-corrected chi connectivity index (χ3v) is 4.48. The Labute approximate surface area is 154 Å². The van der Waals surface area contributed by atoms with Gasteiger partial charge < -0.3 is 15.4 Å². The molecule has 5 heteroatoms. The molecule has 0 fully saturated rings. The molecule has 3 rings (SSSR count). The van der Waals surface area contributed by atoms with Crippen LogP contribution in [0.15, 0.2) is 54.2 Å². The number of anilines is 2. The molecule has 1 amide bonds. The van der Waals surface area contributed by atoms with Crippen LogP contribution in [-0.4, -0.2) is 24.5 Å². The molecule has 0 aliphatic heterocycles. The Morgan fingerprint density at radius 1 is 1.23 bits per heavy atom. The predicted molar refractivity (Wildman–Crippen MR) is 104 cm³/mol. The first-order valence-corrected chi connectivity index (χ1v) is 9.08. The number of amides is 1.